The van der Waals surface area contributed by atoms with E-state index in [-0.39, 0.29) is 5.92 Å². The molecule has 1 aliphatic carbocycles. The number of amidine groups is 1. The van der Waals surface area contributed by atoms with Crippen LogP contribution in [0.5, 0.6) is 0 Å². The molecule has 0 aromatic heterocycles. The van der Waals surface area contributed by atoms with E-state index in [1.807, 2.05) is 11.8 Å². The third-order valence-corrected chi connectivity index (χ3v) is 7.17. The second-order valence-corrected chi connectivity index (χ2v) is 8.91. The molecule has 0 bridgehead atoms. The lowest BCUT2D eigenvalue weighted by molar-refractivity contribution is 0.488. The molecule has 0 radical (unpaired) electrons. The normalized spacial score (nSPS) is 40.7. The molecule has 2 heterocycles. The number of fused-ring (bicyclic) bond motifs is 1. The number of aliphatic imine (C=N–C) groups is 1. The zero-order valence-corrected chi connectivity index (χ0v) is 12.1. The van der Waals surface area contributed by atoms with E-state index < -0.39 is 9.84 Å². The van der Waals surface area contributed by atoms with Crippen molar-refractivity contribution in [3.8, 4) is 0 Å². The van der Waals surface area contributed by atoms with Crippen molar-refractivity contribution in [2.24, 2.45) is 16.8 Å². The first-order chi connectivity index (χ1) is 8.62. The fourth-order valence-corrected chi connectivity index (χ4v) is 6.15. The Morgan fingerprint density at radius 3 is 3.00 bits per heavy atom. The van der Waals surface area contributed by atoms with E-state index in [2.05, 4.69) is 10.3 Å². The van der Waals surface area contributed by atoms with E-state index in [9.17, 15) is 8.42 Å². The Balaban J connectivity index is 1.54. The van der Waals surface area contributed by atoms with Crippen molar-refractivity contribution >= 4 is 26.8 Å². The zero-order valence-electron chi connectivity index (χ0n) is 10.5. The third kappa shape index (κ3) is 2.85. The fraction of sp³-hybridized carbons (Fsp3) is 0.917. The minimum atomic E-state index is -2.76. The van der Waals surface area contributed by atoms with Crippen molar-refractivity contribution in [1.82, 2.24) is 5.32 Å². The van der Waals surface area contributed by atoms with E-state index in [1.165, 1.54) is 25.0 Å². The van der Waals surface area contributed by atoms with Crippen LogP contribution in [0.4, 0.5) is 0 Å². The Morgan fingerprint density at radius 2 is 2.22 bits per heavy atom. The molecule has 3 aliphatic rings. The highest BCUT2D eigenvalue weighted by Gasteiger charge is 2.32. The Hall–Kier alpha value is -0.230. The predicted molar refractivity (Wildman–Crippen MR) is 75.8 cm³/mol. The second-order valence-electron chi connectivity index (χ2n) is 5.67. The molecule has 4 nitrogen and oxygen atoms in total. The number of hydrogen-bond acceptors (Lipinski definition) is 4. The maximum absolute atomic E-state index is 11.4. The summed E-state index contributed by atoms with van der Waals surface area (Å²) in [6.45, 7) is 0.673. The Morgan fingerprint density at radius 1 is 1.33 bits per heavy atom. The van der Waals surface area contributed by atoms with Crippen molar-refractivity contribution < 1.29 is 8.42 Å². The van der Waals surface area contributed by atoms with Crippen molar-refractivity contribution in [2.45, 2.75) is 31.7 Å². The van der Waals surface area contributed by atoms with Crippen molar-refractivity contribution in [1.29, 1.82) is 0 Å². The molecule has 0 aromatic carbocycles. The van der Waals surface area contributed by atoms with Crippen LogP contribution >= 0.6 is 11.8 Å². The standard InChI is InChI=1S/C12H20N2O2S2/c15-18(16)5-4-9(8-18)6-13-12-14-11-3-1-2-10(11)7-17-12/h9-11H,1-8H2,(H,13,14). The van der Waals surface area contributed by atoms with Gasteiger partial charge < -0.3 is 5.32 Å². The van der Waals surface area contributed by atoms with Crippen molar-refractivity contribution in [3.05, 3.63) is 0 Å². The Labute approximate surface area is 113 Å². The molecule has 2 saturated heterocycles. The Kier molecular flexibility index (Phi) is 3.58. The molecule has 3 unspecified atom stereocenters. The quantitative estimate of drug-likeness (QED) is 0.831. The van der Waals surface area contributed by atoms with Crippen LogP contribution < -0.4 is 5.32 Å². The molecular formula is C12H20N2O2S2. The zero-order chi connectivity index (χ0) is 12.6. The number of sulfone groups is 1. The van der Waals surface area contributed by atoms with Crippen LogP contribution in [0.25, 0.3) is 0 Å². The van der Waals surface area contributed by atoms with Crippen molar-refractivity contribution in [3.63, 3.8) is 0 Å². The minimum absolute atomic E-state index is 0.242. The predicted octanol–water partition coefficient (Wildman–Crippen LogP) is 1.28. The minimum Gasteiger partial charge on any atom is -0.362 e. The van der Waals surface area contributed by atoms with Gasteiger partial charge in [0.15, 0.2) is 15.0 Å². The van der Waals surface area contributed by atoms with Gasteiger partial charge in [0, 0.05) is 18.3 Å². The number of thioether (sulfide) groups is 1. The average Bonchev–Trinajstić information content (AvgIpc) is 2.92. The molecule has 2 aliphatic heterocycles. The molecule has 1 N–H and O–H groups in total. The van der Waals surface area contributed by atoms with Gasteiger partial charge in [-0.05, 0) is 31.1 Å². The van der Waals surface area contributed by atoms with E-state index in [0.29, 0.717) is 24.1 Å². The molecular weight excluding hydrogens is 268 g/mol. The maximum Gasteiger partial charge on any atom is 0.156 e. The first kappa shape index (κ1) is 12.8. The maximum atomic E-state index is 11.4. The van der Waals surface area contributed by atoms with Gasteiger partial charge >= 0.3 is 0 Å². The summed E-state index contributed by atoms with van der Waals surface area (Å²) < 4.78 is 22.7. The fourth-order valence-electron chi connectivity index (χ4n) is 3.13. The van der Waals surface area contributed by atoms with Crippen LogP contribution in [0.2, 0.25) is 0 Å². The summed E-state index contributed by atoms with van der Waals surface area (Å²) >= 11 is 1.81. The van der Waals surface area contributed by atoms with Crippen LogP contribution in [0.3, 0.4) is 0 Å². The van der Waals surface area contributed by atoms with Gasteiger partial charge in [-0.25, -0.2) is 8.42 Å². The van der Waals surface area contributed by atoms with Crippen LogP contribution in [0.15, 0.2) is 4.99 Å². The van der Waals surface area contributed by atoms with Gasteiger partial charge in [0.05, 0.1) is 11.5 Å². The highest BCUT2D eigenvalue weighted by atomic mass is 32.2. The lowest BCUT2D eigenvalue weighted by Gasteiger charge is -2.28. The number of nitrogens with one attached hydrogen (secondary N) is 1. The van der Waals surface area contributed by atoms with Crippen LogP contribution in [0, 0.1) is 11.8 Å². The highest BCUT2D eigenvalue weighted by molar-refractivity contribution is 8.13. The van der Waals surface area contributed by atoms with Crippen LogP contribution in [-0.2, 0) is 9.84 Å². The van der Waals surface area contributed by atoms with E-state index in [4.69, 9.17) is 0 Å². The summed E-state index contributed by atoms with van der Waals surface area (Å²) in [4.78, 5) is 4.60. The molecule has 6 heteroatoms. The first-order valence-electron chi connectivity index (χ1n) is 6.76. The van der Waals surface area contributed by atoms with Gasteiger partial charge in [0.2, 0.25) is 0 Å². The topological polar surface area (TPSA) is 58.5 Å². The van der Waals surface area contributed by atoms with Gasteiger partial charge in [0.25, 0.3) is 0 Å². The van der Waals surface area contributed by atoms with Crippen LogP contribution in [0.1, 0.15) is 25.7 Å². The van der Waals surface area contributed by atoms with E-state index in [0.717, 1.165) is 17.5 Å². The monoisotopic (exact) mass is 288 g/mol. The SMILES string of the molecule is O=S1(=O)CCC(CN=C2NC3CCCC3CS2)C1. The van der Waals surface area contributed by atoms with E-state index in [1.54, 1.807) is 0 Å². The van der Waals surface area contributed by atoms with Gasteiger partial charge in [0.1, 0.15) is 0 Å². The third-order valence-electron chi connectivity index (χ3n) is 4.22. The summed E-state index contributed by atoms with van der Waals surface area (Å²) in [6, 6.07) is 0.623. The second kappa shape index (κ2) is 5.04. The van der Waals surface area contributed by atoms with Crippen LogP contribution in [-0.4, -0.2) is 43.4 Å². The molecule has 3 rings (SSSR count). The highest BCUT2D eigenvalue weighted by Crippen LogP contribution is 2.33. The molecule has 3 fully saturated rings. The number of rotatable bonds is 2. The largest absolute Gasteiger partial charge is 0.362 e. The molecule has 1 saturated carbocycles. The smallest absolute Gasteiger partial charge is 0.156 e. The molecule has 0 spiro atoms. The molecule has 3 atom stereocenters. The van der Waals surface area contributed by atoms with Gasteiger partial charge in [-0.1, -0.05) is 18.2 Å². The average molecular weight is 288 g/mol. The van der Waals surface area contributed by atoms with Gasteiger partial charge in [-0.2, -0.15) is 0 Å². The summed E-state index contributed by atoms with van der Waals surface area (Å²) in [6.07, 6.45) is 4.73. The summed E-state index contributed by atoms with van der Waals surface area (Å²) in [5.41, 5.74) is 0. The van der Waals surface area contributed by atoms with Gasteiger partial charge in [-0.15, -0.1) is 0 Å². The summed E-state index contributed by atoms with van der Waals surface area (Å²) in [5, 5.41) is 4.57. The van der Waals surface area contributed by atoms with Gasteiger partial charge in [-0.3, -0.25) is 4.99 Å². The lowest BCUT2D eigenvalue weighted by atomic mass is 10.1. The molecule has 0 aromatic rings. The summed E-state index contributed by atoms with van der Waals surface area (Å²) in [5.74, 6) is 2.93. The Bertz CT molecular complexity index is 447. The molecule has 18 heavy (non-hydrogen) atoms. The first-order valence-corrected chi connectivity index (χ1v) is 9.57. The molecule has 0 amide bonds. The van der Waals surface area contributed by atoms with Crippen molar-refractivity contribution in [2.75, 3.05) is 23.8 Å². The van der Waals surface area contributed by atoms with E-state index >= 15 is 0 Å². The lowest BCUT2D eigenvalue weighted by Crippen LogP contribution is -2.41. The molecule has 102 valence electrons. The summed E-state index contributed by atoms with van der Waals surface area (Å²) in [7, 11) is -2.76. The number of hydrogen-bond donors (Lipinski definition) is 1. The number of nitrogens with zero attached hydrogens (tertiary/aromatic N) is 1.